The molecular formula is C31H28ClN3O8S. The molecule has 3 aromatic carbocycles. The van der Waals surface area contributed by atoms with Crippen LogP contribution in [0.5, 0.6) is 11.5 Å². The van der Waals surface area contributed by atoms with Gasteiger partial charge in [-0.05, 0) is 79.2 Å². The molecule has 0 aromatic heterocycles. The van der Waals surface area contributed by atoms with Crippen LogP contribution in [-0.4, -0.2) is 60.7 Å². The second-order valence-electron chi connectivity index (χ2n) is 9.29. The number of ether oxygens (including phenoxy) is 3. The molecule has 0 bridgehead atoms. The number of hydrogen-bond donors (Lipinski definition) is 2. The summed E-state index contributed by atoms with van der Waals surface area (Å²) in [5.74, 6) is -1.68. The Morgan fingerprint density at radius 3 is 2.48 bits per heavy atom. The van der Waals surface area contributed by atoms with E-state index >= 15 is 0 Å². The van der Waals surface area contributed by atoms with Crippen molar-refractivity contribution in [3.63, 3.8) is 0 Å². The van der Waals surface area contributed by atoms with Gasteiger partial charge in [-0.1, -0.05) is 35.9 Å². The van der Waals surface area contributed by atoms with Gasteiger partial charge in [-0.25, -0.2) is 4.79 Å². The first-order valence-corrected chi connectivity index (χ1v) is 14.5. The highest BCUT2D eigenvalue weighted by Crippen LogP contribution is 2.34. The van der Waals surface area contributed by atoms with E-state index in [2.05, 4.69) is 10.6 Å². The van der Waals surface area contributed by atoms with E-state index in [1.165, 1.54) is 31.4 Å². The molecule has 1 aliphatic rings. The molecule has 11 nitrogen and oxygen atoms in total. The largest absolute Gasteiger partial charge is 0.493 e. The third-order valence-electron chi connectivity index (χ3n) is 6.18. The number of hydrogen-bond acceptors (Lipinski definition) is 9. The normalized spacial score (nSPS) is 13.5. The van der Waals surface area contributed by atoms with E-state index in [-0.39, 0.29) is 40.3 Å². The number of carbonyl (C=O) groups is 5. The Balaban J connectivity index is 1.38. The zero-order valence-corrected chi connectivity index (χ0v) is 25.5. The number of imide groups is 1. The fourth-order valence-electron chi connectivity index (χ4n) is 4.04. The third-order valence-corrected chi connectivity index (χ3v) is 7.42. The van der Waals surface area contributed by atoms with Crippen LogP contribution in [0, 0.1) is 6.92 Å². The number of halogens is 1. The van der Waals surface area contributed by atoms with E-state index in [1.807, 2.05) is 25.1 Å². The minimum absolute atomic E-state index is 0.0674. The number of thioether (sulfide) groups is 1. The van der Waals surface area contributed by atoms with E-state index in [9.17, 15) is 24.0 Å². The molecule has 2 N–H and O–H groups in total. The Bertz CT molecular complexity index is 1660. The van der Waals surface area contributed by atoms with Crippen LogP contribution in [0.15, 0.2) is 65.6 Å². The second-order valence-corrected chi connectivity index (χ2v) is 10.7. The van der Waals surface area contributed by atoms with Gasteiger partial charge in [0.2, 0.25) is 5.91 Å². The molecular weight excluding hydrogens is 610 g/mol. The van der Waals surface area contributed by atoms with Gasteiger partial charge in [0, 0.05) is 11.4 Å². The summed E-state index contributed by atoms with van der Waals surface area (Å²) in [6, 6.07) is 16.4. The van der Waals surface area contributed by atoms with E-state index in [0.29, 0.717) is 34.5 Å². The number of carbonyl (C=O) groups excluding carboxylic acids is 5. The number of amides is 4. The van der Waals surface area contributed by atoms with Crippen LogP contribution in [0.25, 0.3) is 6.08 Å². The maximum Gasteiger partial charge on any atom is 0.339 e. The maximum absolute atomic E-state index is 13.0. The van der Waals surface area contributed by atoms with E-state index < -0.39 is 29.6 Å². The quantitative estimate of drug-likeness (QED) is 0.205. The van der Waals surface area contributed by atoms with Crippen LogP contribution in [0.2, 0.25) is 5.02 Å². The molecule has 228 valence electrons. The molecule has 0 saturated carbocycles. The van der Waals surface area contributed by atoms with Gasteiger partial charge in [0.15, 0.2) is 18.1 Å². The van der Waals surface area contributed by atoms with Crippen LogP contribution >= 0.6 is 23.4 Å². The summed E-state index contributed by atoms with van der Waals surface area (Å²) in [6.07, 6.45) is 1.49. The molecule has 1 heterocycles. The lowest BCUT2D eigenvalue weighted by Gasteiger charge is -2.13. The molecule has 0 radical (unpaired) electrons. The van der Waals surface area contributed by atoms with Gasteiger partial charge >= 0.3 is 5.97 Å². The SMILES string of the molecule is CCOC(=O)c1cc(NC(=O)CN2C(=O)S/C(=C\c3ccc(OCC(=O)Nc4ccccc4C)c(OC)c3)C2=O)ccc1Cl. The zero-order chi connectivity index (χ0) is 31.8. The molecule has 13 heteroatoms. The molecule has 3 aromatic rings. The second kappa shape index (κ2) is 14.6. The summed E-state index contributed by atoms with van der Waals surface area (Å²) in [5, 5.41) is 4.88. The molecule has 4 amide bonds. The number of anilines is 2. The highest BCUT2D eigenvalue weighted by Gasteiger charge is 2.36. The number of benzene rings is 3. The Hall–Kier alpha value is -4.81. The standard InChI is InChI=1S/C31H28ClN3O8S/c1-4-42-30(39)21-15-20(10-11-22(21)32)33-27(36)16-35-29(38)26(44-31(35)40)14-19-9-12-24(25(13-19)41-3)43-17-28(37)34-23-8-6-5-7-18(23)2/h5-15H,4,16-17H2,1-3H3,(H,33,36)(H,34,37)/b26-14-. The number of esters is 1. The fourth-order valence-corrected chi connectivity index (χ4v) is 5.07. The van der Waals surface area contributed by atoms with E-state index in [0.717, 1.165) is 10.5 Å². The van der Waals surface area contributed by atoms with Crippen molar-refractivity contribution >= 4 is 69.7 Å². The summed E-state index contributed by atoms with van der Waals surface area (Å²) in [7, 11) is 1.43. The van der Waals surface area contributed by atoms with Gasteiger partial charge in [0.25, 0.3) is 17.1 Å². The van der Waals surface area contributed by atoms with Crippen molar-refractivity contribution in [2.24, 2.45) is 0 Å². The highest BCUT2D eigenvalue weighted by molar-refractivity contribution is 8.18. The Labute approximate surface area is 262 Å². The minimum Gasteiger partial charge on any atom is -0.493 e. The molecule has 1 fully saturated rings. The van der Waals surface area contributed by atoms with Crippen molar-refractivity contribution in [3.05, 3.63) is 87.3 Å². The lowest BCUT2D eigenvalue weighted by Crippen LogP contribution is -2.36. The third kappa shape index (κ3) is 7.97. The zero-order valence-electron chi connectivity index (χ0n) is 24.0. The number of rotatable bonds is 11. The van der Waals surface area contributed by atoms with E-state index in [4.69, 9.17) is 25.8 Å². The van der Waals surface area contributed by atoms with Crippen LogP contribution < -0.4 is 20.1 Å². The Morgan fingerprint density at radius 1 is 0.977 bits per heavy atom. The van der Waals surface area contributed by atoms with Crippen molar-refractivity contribution < 1.29 is 38.2 Å². The maximum atomic E-state index is 13.0. The van der Waals surface area contributed by atoms with Crippen LogP contribution in [0.1, 0.15) is 28.4 Å². The van der Waals surface area contributed by atoms with Crippen LogP contribution in [0.3, 0.4) is 0 Å². The van der Waals surface area contributed by atoms with Gasteiger partial charge in [-0.2, -0.15) is 0 Å². The number of para-hydroxylation sites is 1. The fraction of sp³-hybridized carbons (Fsp3) is 0.194. The molecule has 0 unspecified atom stereocenters. The monoisotopic (exact) mass is 637 g/mol. The van der Waals surface area contributed by atoms with Gasteiger partial charge in [0.05, 0.1) is 29.2 Å². The average Bonchev–Trinajstić information content (AvgIpc) is 3.25. The number of nitrogens with one attached hydrogen (secondary N) is 2. The molecule has 1 saturated heterocycles. The van der Waals surface area contributed by atoms with Crippen LogP contribution in [0.4, 0.5) is 16.2 Å². The summed E-state index contributed by atoms with van der Waals surface area (Å²) in [6.45, 7) is 2.88. The van der Waals surface area contributed by atoms with Crippen molar-refractivity contribution in [2.75, 3.05) is 37.5 Å². The smallest absolute Gasteiger partial charge is 0.339 e. The molecule has 0 spiro atoms. The van der Waals surface area contributed by atoms with Gasteiger partial charge in [-0.15, -0.1) is 0 Å². The average molecular weight is 638 g/mol. The molecule has 4 rings (SSSR count). The summed E-state index contributed by atoms with van der Waals surface area (Å²) < 4.78 is 16.0. The molecule has 1 aliphatic heterocycles. The van der Waals surface area contributed by atoms with Gasteiger partial charge < -0.3 is 24.8 Å². The lowest BCUT2D eigenvalue weighted by molar-refractivity contribution is -0.127. The summed E-state index contributed by atoms with van der Waals surface area (Å²) in [4.78, 5) is 63.6. The molecule has 0 atom stereocenters. The summed E-state index contributed by atoms with van der Waals surface area (Å²) in [5.41, 5.74) is 2.44. The van der Waals surface area contributed by atoms with Crippen molar-refractivity contribution in [1.29, 1.82) is 0 Å². The van der Waals surface area contributed by atoms with Crippen LogP contribution in [-0.2, 0) is 19.1 Å². The first kappa shape index (κ1) is 32.1. The molecule has 44 heavy (non-hydrogen) atoms. The predicted molar refractivity (Wildman–Crippen MR) is 167 cm³/mol. The number of aryl methyl sites for hydroxylation is 1. The molecule has 0 aliphatic carbocycles. The van der Waals surface area contributed by atoms with Gasteiger partial charge in [0.1, 0.15) is 6.54 Å². The van der Waals surface area contributed by atoms with Crippen molar-refractivity contribution in [1.82, 2.24) is 4.90 Å². The predicted octanol–water partition coefficient (Wildman–Crippen LogP) is 5.53. The van der Waals surface area contributed by atoms with Gasteiger partial charge in [-0.3, -0.25) is 24.1 Å². The Kier molecular flexibility index (Phi) is 10.6. The number of methoxy groups -OCH3 is 1. The highest BCUT2D eigenvalue weighted by atomic mass is 35.5. The number of nitrogens with zero attached hydrogens (tertiary/aromatic N) is 1. The van der Waals surface area contributed by atoms with E-state index in [1.54, 1.807) is 31.2 Å². The first-order chi connectivity index (χ1) is 21.1. The Morgan fingerprint density at radius 2 is 1.75 bits per heavy atom. The minimum atomic E-state index is -0.652. The van der Waals surface area contributed by atoms with Crippen molar-refractivity contribution in [2.45, 2.75) is 13.8 Å². The van der Waals surface area contributed by atoms with Crippen molar-refractivity contribution in [3.8, 4) is 11.5 Å². The lowest BCUT2D eigenvalue weighted by atomic mass is 10.2. The first-order valence-electron chi connectivity index (χ1n) is 13.3. The topological polar surface area (TPSA) is 140 Å². The summed E-state index contributed by atoms with van der Waals surface area (Å²) >= 11 is 6.75.